The number of carbonyl (C=O) groups excluding carboxylic acids is 1. The molecule has 1 rings (SSSR count). The van der Waals surface area contributed by atoms with Gasteiger partial charge in [-0.1, -0.05) is 6.07 Å². The largest absolute Gasteiger partial charge is 0.326 e. The second-order valence-electron chi connectivity index (χ2n) is 2.91. The van der Waals surface area contributed by atoms with Gasteiger partial charge >= 0.3 is 0 Å². The number of nitrogens with one attached hydrogen (secondary N) is 2. The minimum atomic E-state index is 0.0429. The Morgan fingerprint density at radius 1 is 1.50 bits per heavy atom. The van der Waals surface area contributed by atoms with Crippen molar-refractivity contribution in [1.29, 1.82) is 0 Å². The standard InChI is InChI=1S/C10H13IN2O/c1-12-6-5-10(14)13-9-4-2-3-8(11)7-9/h2-4,7,12H,5-6H2,1H3,(H,13,14). The molecule has 0 aromatic heterocycles. The molecule has 0 bridgehead atoms. The average Bonchev–Trinajstić information content (AvgIpc) is 2.15. The van der Waals surface area contributed by atoms with Crippen LogP contribution in [0, 0.1) is 3.57 Å². The van der Waals surface area contributed by atoms with Crippen LogP contribution in [0.15, 0.2) is 24.3 Å². The fourth-order valence-corrected chi connectivity index (χ4v) is 1.57. The predicted octanol–water partition coefficient (Wildman–Crippen LogP) is 1.84. The van der Waals surface area contributed by atoms with E-state index in [1.165, 1.54) is 0 Å². The molecule has 0 saturated carbocycles. The molecule has 76 valence electrons. The van der Waals surface area contributed by atoms with E-state index in [1.54, 1.807) is 0 Å². The van der Waals surface area contributed by atoms with Crippen molar-refractivity contribution in [3.8, 4) is 0 Å². The molecule has 0 aliphatic rings. The maximum atomic E-state index is 11.3. The molecule has 0 aliphatic carbocycles. The Bertz CT molecular complexity index is 315. The zero-order valence-electron chi connectivity index (χ0n) is 8.01. The number of rotatable bonds is 4. The van der Waals surface area contributed by atoms with Crippen molar-refractivity contribution in [3.63, 3.8) is 0 Å². The van der Waals surface area contributed by atoms with E-state index in [9.17, 15) is 4.79 Å². The van der Waals surface area contributed by atoms with Crippen molar-refractivity contribution in [2.75, 3.05) is 18.9 Å². The van der Waals surface area contributed by atoms with Crippen molar-refractivity contribution in [1.82, 2.24) is 5.32 Å². The van der Waals surface area contributed by atoms with Gasteiger partial charge in [0.05, 0.1) is 0 Å². The molecule has 1 aromatic rings. The topological polar surface area (TPSA) is 41.1 Å². The SMILES string of the molecule is CNCCC(=O)Nc1cccc(I)c1. The summed E-state index contributed by atoms with van der Waals surface area (Å²) in [6, 6.07) is 7.75. The van der Waals surface area contributed by atoms with E-state index in [0.717, 1.165) is 9.26 Å². The van der Waals surface area contributed by atoms with Gasteiger partial charge in [-0.25, -0.2) is 0 Å². The lowest BCUT2D eigenvalue weighted by Crippen LogP contribution is -2.18. The van der Waals surface area contributed by atoms with Crippen LogP contribution in [-0.4, -0.2) is 19.5 Å². The Morgan fingerprint density at radius 2 is 2.29 bits per heavy atom. The van der Waals surface area contributed by atoms with Gasteiger partial charge in [0.1, 0.15) is 0 Å². The van der Waals surface area contributed by atoms with Gasteiger partial charge in [-0.15, -0.1) is 0 Å². The average molecular weight is 304 g/mol. The first-order chi connectivity index (χ1) is 6.72. The molecule has 4 heteroatoms. The molecular weight excluding hydrogens is 291 g/mol. The summed E-state index contributed by atoms with van der Waals surface area (Å²) in [5.74, 6) is 0.0429. The van der Waals surface area contributed by atoms with Gasteiger partial charge in [0.2, 0.25) is 5.91 Å². The summed E-state index contributed by atoms with van der Waals surface area (Å²) in [5.41, 5.74) is 0.859. The quantitative estimate of drug-likeness (QED) is 0.834. The van der Waals surface area contributed by atoms with Crippen LogP contribution in [-0.2, 0) is 4.79 Å². The molecule has 0 saturated heterocycles. The Balaban J connectivity index is 2.47. The Kier molecular flexibility index (Phi) is 4.89. The van der Waals surface area contributed by atoms with E-state index >= 15 is 0 Å². The molecule has 0 aliphatic heterocycles. The molecule has 0 unspecified atom stereocenters. The van der Waals surface area contributed by atoms with Crippen LogP contribution in [0.2, 0.25) is 0 Å². The van der Waals surface area contributed by atoms with Crippen LogP contribution >= 0.6 is 22.6 Å². The molecule has 0 atom stereocenters. The van der Waals surface area contributed by atoms with Gasteiger partial charge in [0.15, 0.2) is 0 Å². The van der Waals surface area contributed by atoms with Gasteiger partial charge in [-0.05, 0) is 47.8 Å². The van der Waals surface area contributed by atoms with E-state index in [4.69, 9.17) is 0 Å². The number of hydrogen-bond acceptors (Lipinski definition) is 2. The van der Waals surface area contributed by atoms with Gasteiger partial charge in [-0.2, -0.15) is 0 Å². The molecule has 0 radical (unpaired) electrons. The Hall–Kier alpha value is -0.620. The highest BCUT2D eigenvalue weighted by Crippen LogP contribution is 2.12. The van der Waals surface area contributed by atoms with E-state index in [1.807, 2.05) is 31.3 Å². The number of anilines is 1. The molecule has 0 spiro atoms. The lowest BCUT2D eigenvalue weighted by atomic mass is 10.3. The van der Waals surface area contributed by atoms with Crippen LogP contribution in [0.25, 0.3) is 0 Å². The molecule has 2 N–H and O–H groups in total. The normalized spacial score (nSPS) is 9.86. The summed E-state index contributed by atoms with van der Waals surface area (Å²) in [4.78, 5) is 11.3. The smallest absolute Gasteiger partial charge is 0.225 e. The number of hydrogen-bond donors (Lipinski definition) is 2. The third-order valence-corrected chi connectivity index (χ3v) is 2.38. The highest BCUT2D eigenvalue weighted by molar-refractivity contribution is 14.1. The van der Waals surface area contributed by atoms with Crippen molar-refractivity contribution in [2.24, 2.45) is 0 Å². The van der Waals surface area contributed by atoms with Gasteiger partial charge < -0.3 is 10.6 Å². The highest BCUT2D eigenvalue weighted by atomic mass is 127. The van der Waals surface area contributed by atoms with Gasteiger partial charge in [-0.3, -0.25) is 4.79 Å². The maximum Gasteiger partial charge on any atom is 0.225 e. The molecule has 0 fully saturated rings. The summed E-state index contributed by atoms with van der Waals surface area (Å²) in [6.45, 7) is 0.704. The number of amides is 1. The number of benzene rings is 1. The summed E-state index contributed by atoms with van der Waals surface area (Å²) >= 11 is 2.22. The third-order valence-electron chi connectivity index (χ3n) is 1.71. The van der Waals surface area contributed by atoms with Gasteiger partial charge in [0, 0.05) is 22.2 Å². The zero-order valence-corrected chi connectivity index (χ0v) is 10.2. The minimum Gasteiger partial charge on any atom is -0.326 e. The van der Waals surface area contributed by atoms with E-state index in [0.29, 0.717) is 13.0 Å². The van der Waals surface area contributed by atoms with Crippen molar-refractivity contribution in [3.05, 3.63) is 27.8 Å². The summed E-state index contributed by atoms with van der Waals surface area (Å²) in [6.07, 6.45) is 0.502. The van der Waals surface area contributed by atoms with Crippen LogP contribution in [0.5, 0.6) is 0 Å². The van der Waals surface area contributed by atoms with Crippen LogP contribution in [0.1, 0.15) is 6.42 Å². The van der Waals surface area contributed by atoms with E-state index < -0.39 is 0 Å². The predicted molar refractivity (Wildman–Crippen MR) is 66.3 cm³/mol. The van der Waals surface area contributed by atoms with Crippen molar-refractivity contribution in [2.45, 2.75) is 6.42 Å². The summed E-state index contributed by atoms with van der Waals surface area (Å²) in [7, 11) is 1.83. The monoisotopic (exact) mass is 304 g/mol. The fraction of sp³-hybridized carbons (Fsp3) is 0.300. The Morgan fingerprint density at radius 3 is 2.93 bits per heavy atom. The number of carbonyl (C=O) groups is 1. The first kappa shape index (κ1) is 11.5. The summed E-state index contributed by atoms with van der Waals surface area (Å²) < 4.78 is 1.12. The molecule has 14 heavy (non-hydrogen) atoms. The minimum absolute atomic E-state index is 0.0429. The molecular formula is C10H13IN2O. The fourth-order valence-electron chi connectivity index (χ4n) is 1.03. The lowest BCUT2D eigenvalue weighted by molar-refractivity contribution is -0.116. The molecule has 1 aromatic carbocycles. The molecule has 0 heterocycles. The van der Waals surface area contributed by atoms with Crippen LogP contribution < -0.4 is 10.6 Å². The Labute approximate surface area is 97.4 Å². The van der Waals surface area contributed by atoms with Gasteiger partial charge in [0.25, 0.3) is 0 Å². The second-order valence-corrected chi connectivity index (χ2v) is 4.16. The first-order valence-corrected chi connectivity index (χ1v) is 5.50. The highest BCUT2D eigenvalue weighted by Gasteiger charge is 2.00. The van der Waals surface area contributed by atoms with Crippen LogP contribution in [0.3, 0.4) is 0 Å². The maximum absolute atomic E-state index is 11.3. The van der Waals surface area contributed by atoms with E-state index in [2.05, 4.69) is 33.2 Å². The third kappa shape index (κ3) is 4.06. The van der Waals surface area contributed by atoms with Crippen molar-refractivity contribution >= 4 is 34.2 Å². The van der Waals surface area contributed by atoms with E-state index in [-0.39, 0.29) is 5.91 Å². The number of halogens is 1. The van der Waals surface area contributed by atoms with Crippen molar-refractivity contribution < 1.29 is 4.79 Å². The summed E-state index contributed by atoms with van der Waals surface area (Å²) in [5, 5.41) is 5.77. The molecule has 3 nitrogen and oxygen atoms in total. The lowest BCUT2D eigenvalue weighted by Gasteiger charge is -2.04. The first-order valence-electron chi connectivity index (χ1n) is 4.42. The second kappa shape index (κ2) is 5.98. The van der Waals surface area contributed by atoms with Crippen LogP contribution in [0.4, 0.5) is 5.69 Å². The molecule has 1 amide bonds. The zero-order chi connectivity index (χ0) is 10.4.